The van der Waals surface area contributed by atoms with Crippen LogP contribution in [0.15, 0.2) is 46.9 Å². The van der Waals surface area contributed by atoms with E-state index in [1.807, 2.05) is 37.3 Å². The van der Waals surface area contributed by atoms with Gasteiger partial charge in [-0.2, -0.15) is 0 Å². The first-order valence-corrected chi connectivity index (χ1v) is 7.87. The molecule has 8 heteroatoms. The molecule has 0 bridgehead atoms. The van der Waals surface area contributed by atoms with E-state index in [0.29, 0.717) is 12.3 Å². The number of nitrogens with zero attached hydrogens (tertiary/aromatic N) is 3. The molecule has 1 amide bonds. The van der Waals surface area contributed by atoms with Gasteiger partial charge in [-0.05, 0) is 24.1 Å². The zero-order valence-corrected chi connectivity index (χ0v) is 13.9. The van der Waals surface area contributed by atoms with Crippen molar-refractivity contribution in [3.63, 3.8) is 0 Å². The van der Waals surface area contributed by atoms with Crippen LogP contribution in [0.25, 0.3) is 11.6 Å². The van der Waals surface area contributed by atoms with Crippen molar-refractivity contribution in [3.8, 4) is 11.6 Å². The number of carboxylic acids is 1. The highest BCUT2D eigenvalue weighted by molar-refractivity contribution is 5.96. The van der Waals surface area contributed by atoms with Gasteiger partial charge >= 0.3 is 5.97 Å². The number of amides is 1. The second-order valence-electron chi connectivity index (χ2n) is 5.83. The fraction of sp³-hybridized carbons (Fsp3) is 0.167. The van der Waals surface area contributed by atoms with Gasteiger partial charge in [0.1, 0.15) is 11.4 Å². The molecule has 0 aliphatic rings. The van der Waals surface area contributed by atoms with Crippen LogP contribution in [0.1, 0.15) is 45.1 Å². The van der Waals surface area contributed by atoms with Crippen LogP contribution in [0, 0.1) is 0 Å². The predicted octanol–water partition coefficient (Wildman–Crippen LogP) is 2.27. The van der Waals surface area contributed by atoms with E-state index in [9.17, 15) is 14.7 Å². The van der Waals surface area contributed by atoms with Gasteiger partial charge < -0.3 is 15.3 Å². The number of aromatic carboxylic acids is 1. The van der Waals surface area contributed by atoms with E-state index in [-0.39, 0.29) is 28.8 Å². The highest BCUT2D eigenvalue weighted by Crippen LogP contribution is 2.24. The minimum Gasteiger partial charge on any atom is -0.478 e. The van der Waals surface area contributed by atoms with E-state index in [2.05, 4.69) is 15.2 Å². The summed E-state index contributed by atoms with van der Waals surface area (Å²) in [6.45, 7) is 1.94. The summed E-state index contributed by atoms with van der Waals surface area (Å²) in [5.41, 5.74) is 6.10. The molecule has 0 saturated heterocycles. The van der Waals surface area contributed by atoms with Gasteiger partial charge in [0.25, 0.3) is 11.8 Å². The van der Waals surface area contributed by atoms with Gasteiger partial charge in [0.05, 0.1) is 5.56 Å². The SMILES string of the molecule is CC(Cc1ccccc1)c1nnc(-c2cc(C(=O)O)cc(C(N)=O)n2)o1. The van der Waals surface area contributed by atoms with Gasteiger partial charge in [-0.1, -0.05) is 37.3 Å². The quantitative estimate of drug-likeness (QED) is 0.695. The Hall–Kier alpha value is -3.55. The molecule has 132 valence electrons. The molecule has 0 radical (unpaired) electrons. The summed E-state index contributed by atoms with van der Waals surface area (Å²) in [6.07, 6.45) is 0.706. The average Bonchev–Trinajstić information content (AvgIpc) is 3.12. The molecule has 0 saturated carbocycles. The molecular formula is C18H16N4O4. The lowest BCUT2D eigenvalue weighted by Crippen LogP contribution is -2.15. The molecule has 0 spiro atoms. The fourth-order valence-electron chi connectivity index (χ4n) is 2.48. The molecule has 3 aromatic rings. The second-order valence-corrected chi connectivity index (χ2v) is 5.83. The van der Waals surface area contributed by atoms with Crippen molar-refractivity contribution in [2.75, 3.05) is 0 Å². The smallest absolute Gasteiger partial charge is 0.335 e. The summed E-state index contributed by atoms with van der Waals surface area (Å²) >= 11 is 0. The van der Waals surface area contributed by atoms with Crippen LogP contribution in [0.2, 0.25) is 0 Å². The third kappa shape index (κ3) is 3.75. The van der Waals surface area contributed by atoms with E-state index in [1.165, 1.54) is 6.07 Å². The van der Waals surface area contributed by atoms with E-state index in [4.69, 9.17) is 10.2 Å². The average molecular weight is 352 g/mol. The maximum absolute atomic E-state index is 11.4. The molecule has 0 aliphatic carbocycles. The lowest BCUT2D eigenvalue weighted by Gasteiger charge is -2.06. The summed E-state index contributed by atoms with van der Waals surface area (Å²) in [5, 5.41) is 17.1. The van der Waals surface area contributed by atoms with Crippen LogP contribution in [0.5, 0.6) is 0 Å². The summed E-state index contributed by atoms with van der Waals surface area (Å²) < 4.78 is 5.64. The van der Waals surface area contributed by atoms with Crippen LogP contribution in [-0.2, 0) is 6.42 Å². The van der Waals surface area contributed by atoms with Crippen LogP contribution in [-0.4, -0.2) is 32.2 Å². The molecule has 8 nitrogen and oxygen atoms in total. The lowest BCUT2D eigenvalue weighted by atomic mass is 10.0. The minimum absolute atomic E-state index is 0.0329. The zero-order valence-electron chi connectivity index (χ0n) is 13.9. The summed E-state index contributed by atoms with van der Waals surface area (Å²) in [7, 11) is 0. The Morgan fingerprint density at radius 1 is 1.19 bits per heavy atom. The van der Waals surface area contributed by atoms with E-state index in [0.717, 1.165) is 11.6 Å². The van der Waals surface area contributed by atoms with Gasteiger partial charge in [0, 0.05) is 5.92 Å². The van der Waals surface area contributed by atoms with Gasteiger partial charge in [-0.15, -0.1) is 10.2 Å². The normalized spacial score (nSPS) is 11.9. The van der Waals surface area contributed by atoms with Crippen molar-refractivity contribution < 1.29 is 19.1 Å². The number of rotatable bonds is 6. The van der Waals surface area contributed by atoms with Crippen molar-refractivity contribution in [2.24, 2.45) is 5.73 Å². The van der Waals surface area contributed by atoms with Crippen molar-refractivity contribution in [1.29, 1.82) is 0 Å². The first-order valence-electron chi connectivity index (χ1n) is 7.87. The number of benzene rings is 1. The first-order chi connectivity index (χ1) is 12.4. The number of aromatic nitrogens is 3. The molecule has 1 unspecified atom stereocenters. The second kappa shape index (κ2) is 7.14. The van der Waals surface area contributed by atoms with Crippen molar-refractivity contribution in [2.45, 2.75) is 19.3 Å². The Morgan fingerprint density at radius 2 is 1.92 bits per heavy atom. The lowest BCUT2D eigenvalue weighted by molar-refractivity contribution is 0.0696. The Labute approximate surface area is 148 Å². The summed E-state index contributed by atoms with van der Waals surface area (Å²) in [6, 6.07) is 12.2. The summed E-state index contributed by atoms with van der Waals surface area (Å²) in [4.78, 5) is 26.6. The van der Waals surface area contributed by atoms with Gasteiger partial charge in [-0.25, -0.2) is 9.78 Å². The van der Waals surface area contributed by atoms with Crippen LogP contribution >= 0.6 is 0 Å². The number of pyridine rings is 1. The number of primary amides is 1. The molecular weight excluding hydrogens is 336 g/mol. The first kappa shape index (κ1) is 17.3. The molecule has 1 aromatic carbocycles. The van der Waals surface area contributed by atoms with Crippen LogP contribution in [0.3, 0.4) is 0 Å². The highest BCUT2D eigenvalue weighted by Gasteiger charge is 2.19. The number of hydrogen-bond donors (Lipinski definition) is 2. The largest absolute Gasteiger partial charge is 0.478 e. The molecule has 0 fully saturated rings. The number of carboxylic acid groups (broad SMARTS) is 1. The maximum Gasteiger partial charge on any atom is 0.335 e. The molecule has 3 rings (SSSR count). The standard InChI is InChI=1S/C18H16N4O4/c1-10(7-11-5-3-2-4-6-11)16-21-22-17(26-16)14-9-12(18(24)25)8-13(20-14)15(19)23/h2-6,8-10H,7H2,1H3,(H2,19,23)(H,24,25). The van der Waals surface area contributed by atoms with Gasteiger partial charge in [0.15, 0.2) is 0 Å². The third-order valence-electron chi connectivity index (χ3n) is 3.79. The maximum atomic E-state index is 11.4. The highest BCUT2D eigenvalue weighted by atomic mass is 16.4. The number of carbonyl (C=O) groups is 2. The van der Waals surface area contributed by atoms with Gasteiger partial charge in [-0.3, -0.25) is 4.79 Å². The zero-order chi connectivity index (χ0) is 18.7. The molecule has 2 heterocycles. The minimum atomic E-state index is -1.21. The summed E-state index contributed by atoms with van der Waals surface area (Å²) in [5.74, 6) is -1.67. The van der Waals surface area contributed by atoms with E-state index >= 15 is 0 Å². The van der Waals surface area contributed by atoms with E-state index in [1.54, 1.807) is 0 Å². The van der Waals surface area contributed by atoms with Crippen molar-refractivity contribution >= 4 is 11.9 Å². The van der Waals surface area contributed by atoms with Crippen LogP contribution < -0.4 is 5.73 Å². The monoisotopic (exact) mass is 352 g/mol. The Kier molecular flexibility index (Phi) is 4.74. The molecule has 2 aromatic heterocycles. The van der Waals surface area contributed by atoms with Gasteiger partial charge in [0.2, 0.25) is 5.89 Å². The number of carbonyl (C=O) groups excluding carboxylic acids is 1. The van der Waals surface area contributed by atoms with Crippen LogP contribution in [0.4, 0.5) is 0 Å². The third-order valence-corrected chi connectivity index (χ3v) is 3.79. The predicted molar refractivity (Wildman–Crippen MR) is 91.6 cm³/mol. The van der Waals surface area contributed by atoms with Crippen molar-refractivity contribution in [3.05, 3.63) is 65.2 Å². The molecule has 26 heavy (non-hydrogen) atoms. The Morgan fingerprint density at radius 3 is 2.58 bits per heavy atom. The molecule has 1 atom stereocenters. The Balaban J connectivity index is 1.89. The molecule has 3 N–H and O–H groups in total. The fourth-order valence-corrected chi connectivity index (χ4v) is 2.48. The number of hydrogen-bond acceptors (Lipinski definition) is 6. The number of nitrogens with two attached hydrogens (primary N) is 1. The van der Waals surface area contributed by atoms with E-state index < -0.39 is 11.9 Å². The molecule has 0 aliphatic heterocycles. The van der Waals surface area contributed by atoms with Crippen molar-refractivity contribution in [1.82, 2.24) is 15.2 Å². The Bertz CT molecular complexity index is 921. The topological polar surface area (TPSA) is 132 Å².